The Kier molecular flexibility index (Phi) is 5.63. The van der Waals surface area contributed by atoms with Crippen molar-refractivity contribution < 1.29 is 13.9 Å². The van der Waals surface area contributed by atoms with Crippen LogP contribution in [-0.4, -0.2) is 24.5 Å². The van der Waals surface area contributed by atoms with Gasteiger partial charge >= 0.3 is 0 Å². The van der Waals surface area contributed by atoms with E-state index in [1.54, 1.807) is 25.3 Å². The van der Waals surface area contributed by atoms with Crippen LogP contribution >= 0.6 is 11.3 Å². The summed E-state index contributed by atoms with van der Waals surface area (Å²) < 4.78 is 18.8. The first kappa shape index (κ1) is 18.1. The van der Waals surface area contributed by atoms with Crippen LogP contribution in [0.3, 0.4) is 0 Å². The number of methoxy groups -OCH3 is 1. The highest BCUT2D eigenvalue weighted by atomic mass is 32.1. The van der Waals surface area contributed by atoms with E-state index in [-0.39, 0.29) is 11.7 Å². The second-order valence-electron chi connectivity index (χ2n) is 5.76. The topological polar surface area (TPSA) is 51.2 Å². The number of thiazole rings is 1. The molecule has 3 aromatic rings. The van der Waals surface area contributed by atoms with Gasteiger partial charge in [-0.05, 0) is 49.2 Å². The lowest BCUT2D eigenvalue weighted by Crippen LogP contribution is -2.25. The highest BCUT2D eigenvalue weighted by molar-refractivity contribution is 7.17. The summed E-state index contributed by atoms with van der Waals surface area (Å²) in [6, 6.07) is 14.1. The van der Waals surface area contributed by atoms with Crippen LogP contribution in [0.1, 0.15) is 20.9 Å². The Morgan fingerprint density at radius 3 is 2.62 bits per heavy atom. The van der Waals surface area contributed by atoms with E-state index >= 15 is 0 Å². The number of ether oxygens (including phenoxy) is 1. The number of hydrogen-bond acceptors (Lipinski definition) is 4. The molecule has 1 amide bonds. The second-order valence-corrected chi connectivity index (χ2v) is 6.76. The van der Waals surface area contributed by atoms with Gasteiger partial charge in [0.25, 0.3) is 5.91 Å². The number of benzene rings is 2. The Labute approximate surface area is 155 Å². The van der Waals surface area contributed by atoms with E-state index in [0.29, 0.717) is 29.1 Å². The minimum Gasteiger partial charge on any atom is -0.497 e. The zero-order valence-electron chi connectivity index (χ0n) is 14.6. The van der Waals surface area contributed by atoms with Gasteiger partial charge in [0.15, 0.2) is 0 Å². The summed E-state index contributed by atoms with van der Waals surface area (Å²) >= 11 is 1.35. The van der Waals surface area contributed by atoms with Crippen molar-refractivity contribution in [3.05, 3.63) is 70.5 Å². The Bertz CT molecular complexity index is 906. The lowest BCUT2D eigenvalue weighted by molar-refractivity contribution is 0.0957. The normalized spacial score (nSPS) is 10.6. The molecule has 0 aliphatic carbocycles. The molecule has 0 radical (unpaired) electrons. The number of nitrogens with zero attached hydrogens (tertiary/aromatic N) is 1. The Morgan fingerprint density at radius 1 is 1.19 bits per heavy atom. The zero-order valence-corrected chi connectivity index (χ0v) is 15.4. The first-order valence-corrected chi connectivity index (χ1v) is 9.03. The van der Waals surface area contributed by atoms with Crippen molar-refractivity contribution >= 4 is 17.2 Å². The van der Waals surface area contributed by atoms with Gasteiger partial charge in [0.05, 0.1) is 12.8 Å². The fourth-order valence-corrected chi connectivity index (χ4v) is 3.54. The predicted molar refractivity (Wildman–Crippen MR) is 101 cm³/mol. The summed E-state index contributed by atoms with van der Waals surface area (Å²) in [7, 11) is 1.62. The number of aryl methyl sites for hydroxylation is 1. The minimum atomic E-state index is -0.252. The molecule has 0 aliphatic rings. The van der Waals surface area contributed by atoms with Crippen LogP contribution in [0.15, 0.2) is 48.5 Å². The number of nitrogens with one attached hydrogen (secondary N) is 1. The molecule has 1 N–H and O–H groups in total. The molecule has 0 fully saturated rings. The average Bonchev–Trinajstić information content (AvgIpc) is 3.05. The molecule has 26 heavy (non-hydrogen) atoms. The number of carbonyl (C=O) groups excluding carboxylic acids is 1. The van der Waals surface area contributed by atoms with Crippen LogP contribution in [-0.2, 0) is 6.42 Å². The highest BCUT2D eigenvalue weighted by Gasteiger charge is 2.16. The molecule has 0 unspecified atom stereocenters. The summed E-state index contributed by atoms with van der Waals surface area (Å²) in [6.45, 7) is 2.18. The van der Waals surface area contributed by atoms with Crippen molar-refractivity contribution in [1.82, 2.24) is 10.3 Å². The Balaban J connectivity index is 1.66. The van der Waals surface area contributed by atoms with E-state index in [4.69, 9.17) is 4.74 Å². The monoisotopic (exact) mass is 370 g/mol. The molecule has 3 rings (SSSR count). The Hall–Kier alpha value is -2.73. The third kappa shape index (κ3) is 4.08. The molecule has 0 aliphatic heterocycles. The molecule has 1 heterocycles. The van der Waals surface area contributed by atoms with Gasteiger partial charge in [-0.25, -0.2) is 9.37 Å². The lowest BCUT2D eigenvalue weighted by atomic mass is 10.1. The fourth-order valence-electron chi connectivity index (χ4n) is 2.56. The summed E-state index contributed by atoms with van der Waals surface area (Å²) in [4.78, 5) is 17.5. The largest absolute Gasteiger partial charge is 0.497 e. The number of rotatable bonds is 6. The third-order valence-electron chi connectivity index (χ3n) is 3.98. The van der Waals surface area contributed by atoms with Gasteiger partial charge < -0.3 is 10.1 Å². The molecule has 2 aromatic carbocycles. The number of amides is 1. The maximum atomic E-state index is 13.6. The smallest absolute Gasteiger partial charge is 0.263 e. The molecule has 4 nitrogen and oxygen atoms in total. The van der Waals surface area contributed by atoms with Crippen LogP contribution in [0.5, 0.6) is 5.75 Å². The van der Waals surface area contributed by atoms with Crippen molar-refractivity contribution in [2.75, 3.05) is 13.7 Å². The molecule has 6 heteroatoms. The van der Waals surface area contributed by atoms with E-state index in [2.05, 4.69) is 10.3 Å². The van der Waals surface area contributed by atoms with Crippen molar-refractivity contribution in [2.24, 2.45) is 0 Å². The van der Waals surface area contributed by atoms with E-state index in [9.17, 15) is 9.18 Å². The minimum absolute atomic E-state index is 0.184. The highest BCUT2D eigenvalue weighted by Crippen LogP contribution is 2.29. The molecule has 0 bridgehead atoms. The molecular formula is C20H19FN2O2S. The molecule has 134 valence electrons. The van der Waals surface area contributed by atoms with E-state index < -0.39 is 0 Å². The molecule has 0 atom stereocenters. The van der Waals surface area contributed by atoms with Gasteiger partial charge in [0.1, 0.15) is 21.5 Å². The average molecular weight is 370 g/mol. The lowest BCUT2D eigenvalue weighted by Gasteiger charge is -2.05. The van der Waals surface area contributed by atoms with Crippen LogP contribution in [0, 0.1) is 12.7 Å². The van der Waals surface area contributed by atoms with Crippen molar-refractivity contribution in [3.8, 4) is 16.3 Å². The maximum Gasteiger partial charge on any atom is 0.263 e. The van der Waals surface area contributed by atoms with Crippen molar-refractivity contribution in [2.45, 2.75) is 13.3 Å². The summed E-state index contributed by atoms with van der Waals surface area (Å²) in [5.74, 6) is 0.335. The quantitative estimate of drug-likeness (QED) is 0.706. The standard InChI is InChI=1S/C20H19FN2O2S/c1-13-18(19(24)22-12-11-14-5-3-4-6-17(14)21)26-20(23-13)15-7-9-16(25-2)10-8-15/h3-10H,11-12H2,1-2H3,(H,22,24). The summed E-state index contributed by atoms with van der Waals surface area (Å²) in [5, 5.41) is 3.63. The first-order chi connectivity index (χ1) is 12.6. The number of hydrogen-bond donors (Lipinski definition) is 1. The van der Waals surface area contributed by atoms with Gasteiger partial charge in [-0.2, -0.15) is 0 Å². The number of halogens is 1. The van der Waals surface area contributed by atoms with Crippen molar-refractivity contribution in [3.63, 3.8) is 0 Å². The van der Waals surface area contributed by atoms with Crippen LogP contribution in [0.25, 0.3) is 10.6 Å². The predicted octanol–water partition coefficient (Wildman–Crippen LogP) is 4.24. The molecule has 0 saturated heterocycles. The van der Waals surface area contributed by atoms with Crippen LogP contribution < -0.4 is 10.1 Å². The molecular weight excluding hydrogens is 351 g/mol. The summed E-state index contributed by atoms with van der Waals surface area (Å²) in [5.41, 5.74) is 2.21. The summed E-state index contributed by atoms with van der Waals surface area (Å²) in [6.07, 6.45) is 0.446. The van der Waals surface area contributed by atoms with Crippen LogP contribution in [0.2, 0.25) is 0 Å². The fraction of sp³-hybridized carbons (Fsp3) is 0.200. The maximum absolute atomic E-state index is 13.6. The van der Waals surface area contributed by atoms with Crippen LogP contribution in [0.4, 0.5) is 4.39 Å². The SMILES string of the molecule is COc1ccc(-c2nc(C)c(C(=O)NCCc3ccccc3F)s2)cc1. The number of carbonyl (C=O) groups is 1. The number of aromatic nitrogens is 1. The molecule has 0 saturated carbocycles. The van der Waals surface area contributed by atoms with Gasteiger partial charge in [0, 0.05) is 12.1 Å². The van der Waals surface area contributed by atoms with E-state index in [1.165, 1.54) is 17.4 Å². The molecule has 1 aromatic heterocycles. The third-order valence-corrected chi connectivity index (χ3v) is 5.18. The first-order valence-electron chi connectivity index (χ1n) is 8.22. The van der Waals surface area contributed by atoms with Gasteiger partial charge in [0.2, 0.25) is 0 Å². The van der Waals surface area contributed by atoms with Gasteiger partial charge in [-0.15, -0.1) is 11.3 Å². The van der Waals surface area contributed by atoms with Crippen molar-refractivity contribution in [1.29, 1.82) is 0 Å². The second kappa shape index (κ2) is 8.10. The van der Waals surface area contributed by atoms with E-state index in [1.807, 2.05) is 31.2 Å². The zero-order chi connectivity index (χ0) is 18.5. The molecule has 0 spiro atoms. The Morgan fingerprint density at radius 2 is 1.92 bits per heavy atom. The van der Waals surface area contributed by atoms with Gasteiger partial charge in [-0.3, -0.25) is 4.79 Å². The van der Waals surface area contributed by atoms with Gasteiger partial charge in [-0.1, -0.05) is 18.2 Å². The van der Waals surface area contributed by atoms with E-state index in [0.717, 1.165) is 16.3 Å².